The van der Waals surface area contributed by atoms with Gasteiger partial charge in [-0.25, -0.2) is 33.8 Å². The molecular formula is C27H24F4N10O2. The van der Waals surface area contributed by atoms with Gasteiger partial charge in [-0.15, -0.1) is 0 Å². The van der Waals surface area contributed by atoms with Crippen LogP contribution in [0.5, 0.6) is 11.5 Å². The number of benzene rings is 1. The summed E-state index contributed by atoms with van der Waals surface area (Å²) in [6.45, 7) is 5.59. The van der Waals surface area contributed by atoms with E-state index in [0.29, 0.717) is 50.9 Å². The zero-order valence-electron chi connectivity index (χ0n) is 22.6. The number of rotatable bonds is 5. The van der Waals surface area contributed by atoms with Crippen molar-refractivity contribution in [1.29, 1.82) is 0 Å². The van der Waals surface area contributed by atoms with Crippen molar-refractivity contribution < 1.29 is 27.1 Å². The molecule has 1 spiro atoms. The van der Waals surface area contributed by atoms with E-state index in [4.69, 9.17) is 14.5 Å². The molecule has 7 rings (SSSR count). The predicted octanol–water partition coefficient (Wildman–Crippen LogP) is 3.99. The molecule has 2 saturated heterocycles. The molecule has 4 aromatic heterocycles. The maximum Gasteiger partial charge on any atom is 0.446 e. The molecule has 43 heavy (non-hydrogen) atoms. The molecule has 0 amide bonds. The molecule has 16 heteroatoms. The lowest BCUT2D eigenvalue weighted by molar-refractivity contribution is -0.156. The van der Waals surface area contributed by atoms with E-state index in [2.05, 4.69) is 40.6 Å². The van der Waals surface area contributed by atoms with Gasteiger partial charge in [0.1, 0.15) is 35.2 Å². The topological polar surface area (TPSA) is 135 Å². The summed E-state index contributed by atoms with van der Waals surface area (Å²) in [6, 6.07) is 6.83. The highest BCUT2D eigenvalue weighted by Gasteiger charge is 2.45. The molecule has 2 fully saturated rings. The molecule has 2 aliphatic heterocycles. The van der Waals surface area contributed by atoms with Gasteiger partial charge in [0.25, 0.3) is 0 Å². The van der Waals surface area contributed by atoms with Gasteiger partial charge in [0.2, 0.25) is 12.2 Å². The Morgan fingerprint density at radius 2 is 1.93 bits per heavy atom. The number of fused-ring (bicyclic) bond motifs is 2. The summed E-state index contributed by atoms with van der Waals surface area (Å²) in [7, 11) is 0. The fourth-order valence-electron chi connectivity index (χ4n) is 5.05. The molecule has 0 bridgehead atoms. The Kier molecular flexibility index (Phi) is 7.21. The molecular weight excluding hydrogens is 572 g/mol. The zero-order chi connectivity index (χ0) is 30.2. The molecule has 5 aromatic rings. The predicted molar refractivity (Wildman–Crippen MR) is 147 cm³/mol. The molecule has 1 aromatic carbocycles. The summed E-state index contributed by atoms with van der Waals surface area (Å²) >= 11 is 0. The van der Waals surface area contributed by atoms with Crippen LogP contribution in [-0.4, -0.2) is 73.2 Å². The van der Waals surface area contributed by atoms with E-state index in [-0.39, 0.29) is 5.69 Å². The van der Waals surface area contributed by atoms with Gasteiger partial charge in [0, 0.05) is 42.9 Å². The van der Waals surface area contributed by atoms with Gasteiger partial charge in [0.15, 0.2) is 17.3 Å². The summed E-state index contributed by atoms with van der Waals surface area (Å²) < 4.78 is 54.2. The Hall–Kier alpha value is -4.99. The first-order valence-corrected chi connectivity index (χ1v) is 13.1. The van der Waals surface area contributed by atoms with Crippen molar-refractivity contribution in [3.8, 4) is 11.5 Å². The van der Waals surface area contributed by atoms with Crippen molar-refractivity contribution in [2.45, 2.75) is 19.5 Å². The number of halogens is 4. The van der Waals surface area contributed by atoms with Gasteiger partial charge in [-0.3, -0.25) is 4.79 Å². The lowest BCUT2D eigenvalue weighted by atomic mass is 9.79. The van der Waals surface area contributed by atoms with Crippen LogP contribution >= 0.6 is 0 Å². The van der Waals surface area contributed by atoms with Crippen LogP contribution in [0, 0.1) is 18.2 Å². The molecule has 0 aliphatic carbocycles. The molecule has 0 atom stereocenters. The first kappa shape index (κ1) is 28.1. The van der Waals surface area contributed by atoms with Crippen LogP contribution in [0.25, 0.3) is 16.7 Å². The monoisotopic (exact) mass is 596 g/mol. The minimum Gasteiger partial charge on any atom is -0.457 e. The number of carbonyl (C=O) groups is 1. The van der Waals surface area contributed by atoms with Crippen molar-refractivity contribution >= 4 is 40.4 Å². The summed E-state index contributed by atoms with van der Waals surface area (Å²) in [6.07, 6.45) is 1.77. The number of ether oxygens (including phenoxy) is 1. The highest BCUT2D eigenvalue weighted by Crippen LogP contribution is 2.38. The summed E-state index contributed by atoms with van der Waals surface area (Å²) in [5, 5.41) is 10.6. The van der Waals surface area contributed by atoms with Crippen molar-refractivity contribution in [2.75, 3.05) is 36.4 Å². The third-order valence-electron chi connectivity index (χ3n) is 7.24. The lowest BCUT2D eigenvalue weighted by Gasteiger charge is -2.47. The van der Waals surface area contributed by atoms with Crippen molar-refractivity contribution in [1.82, 2.24) is 39.9 Å². The third kappa shape index (κ3) is 5.86. The minimum absolute atomic E-state index is 0.262. The molecule has 2 N–H and O–H groups in total. The standard InChI is InChI=1S/C25H23FN10O.C2HF3O/c1-15-19(37-16-4-7-36-20(8-16)30-14-32-36)3-2-17(21(15)26)33-23-22-18(29-13-31-23)9-28-24(34-22)35-11-25(12-35)5-6-27-10-25;3-2(4,5)1-6/h2-4,7-9,13-14,27H,5-6,10-12H2,1H3,(H,29,31,33);1H. The fourth-order valence-corrected chi connectivity index (χ4v) is 5.05. The molecule has 0 radical (unpaired) electrons. The Morgan fingerprint density at radius 3 is 2.67 bits per heavy atom. The number of hydrogen-bond donors (Lipinski definition) is 2. The van der Waals surface area contributed by atoms with Crippen LogP contribution in [0.4, 0.5) is 35.0 Å². The van der Waals surface area contributed by atoms with E-state index in [1.807, 2.05) is 0 Å². The number of nitrogens with zero attached hydrogens (tertiary/aromatic N) is 8. The maximum atomic E-state index is 15.4. The average Bonchev–Trinajstić information content (AvgIpc) is 3.66. The van der Waals surface area contributed by atoms with E-state index in [0.717, 1.165) is 26.2 Å². The van der Waals surface area contributed by atoms with Gasteiger partial charge >= 0.3 is 6.18 Å². The number of aromatic nitrogens is 7. The Bertz CT molecular complexity index is 1800. The highest BCUT2D eigenvalue weighted by molar-refractivity contribution is 5.87. The lowest BCUT2D eigenvalue weighted by Crippen LogP contribution is -2.58. The molecule has 0 unspecified atom stereocenters. The van der Waals surface area contributed by atoms with E-state index in [1.54, 1.807) is 48.1 Å². The normalized spacial score (nSPS) is 15.7. The van der Waals surface area contributed by atoms with E-state index < -0.39 is 18.3 Å². The largest absolute Gasteiger partial charge is 0.457 e. The number of carbonyl (C=O) groups excluding carboxylic acids is 1. The van der Waals surface area contributed by atoms with Crippen LogP contribution in [0.3, 0.4) is 0 Å². The van der Waals surface area contributed by atoms with Crippen molar-refractivity contribution in [2.24, 2.45) is 5.41 Å². The quantitative estimate of drug-likeness (QED) is 0.225. The number of hydrogen-bond acceptors (Lipinski definition) is 11. The summed E-state index contributed by atoms with van der Waals surface area (Å²) in [5.74, 6) is 1.54. The van der Waals surface area contributed by atoms with Crippen molar-refractivity contribution in [3.63, 3.8) is 0 Å². The first-order chi connectivity index (χ1) is 20.6. The first-order valence-electron chi connectivity index (χ1n) is 13.1. The SMILES string of the molecule is Cc1c(Oc2ccn3ncnc3c2)ccc(Nc2ncnc3cnc(N4CC5(CCNC5)C4)nc23)c1F.O=CC(F)(F)F. The van der Waals surface area contributed by atoms with Crippen LogP contribution in [0.1, 0.15) is 12.0 Å². The molecule has 222 valence electrons. The summed E-state index contributed by atoms with van der Waals surface area (Å²) in [5.41, 5.74) is 2.70. The maximum absolute atomic E-state index is 15.4. The van der Waals surface area contributed by atoms with Gasteiger partial charge < -0.3 is 20.3 Å². The summed E-state index contributed by atoms with van der Waals surface area (Å²) in [4.78, 5) is 32.9. The second-order valence-electron chi connectivity index (χ2n) is 10.3. The average molecular weight is 597 g/mol. The highest BCUT2D eigenvalue weighted by atomic mass is 19.4. The number of alkyl halides is 3. The minimum atomic E-state index is -4.64. The van der Waals surface area contributed by atoms with E-state index in [9.17, 15) is 13.2 Å². The van der Waals surface area contributed by atoms with Crippen molar-refractivity contribution in [3.05, 3.63) is 60.7 Å². The van der Waals surface area contributed by atoms with Gasteiger partial charge in [-0.05, 0) is 38.1 Å². The van der Waals surface area contributed by atoms with Gasteiger partial charge in [-0.1, -0.05) is 0 Å². The van der Waals surface area contributed by atoms with Crippen LogP contribution in [0.15, 0.2) is 49.3 Å². The number of nitrogens with one attached hydrogen (secondary N) is 2. The van der Waals surface area contributed by atoms with Crippen LogP contribution < -0.4 is 20.3 Å². The Morgan fingerprint density at radius 1 is 1.12 bits per heavy atom. The van der Waals surface area contributed by atoms with Gasteiger partial charge in [-0.2, -0.15) is 18.3 Å². The number of pyridine rings is 1. The molecule has 2 aliphatic rings. The van der Waals surface area contributed by atoms with E-state index in [1.165, 1.54) is 19.1 Å². The zero-order valence-corrected chi connectivity index (χ0v) is 22.6. The smallest absolute Gasteiger partial charge is 0.446 e. The molecule has 6 heterocycles. The second kappa shape index (κ2) is 11.0. The Balaban J connectivity index is 0.000000501. The Labute approximate surface area is 241 Å². The van der Waals surface area contributed by atoms with Crippen LogP contribution in [-0.2, 0) is 4.79 Å². The number of anilines is 3. The molecule has 12 nitrogen and oxygen atoms in total. The fraction of sp³-hybridized carbons (Fsp3) is 0.296. The van der Waals surface area contributed by atoms with Gasteiger partial charge in [0.05, 0.1) is 11.9 Å². The third-order valence-corrected chi connectivity index (χ3v) is 7.24. The van der Waals surface area contributed by atoms with Crippen LogP contribution in [0.2, 0.25) is 0 Å². The second-order valence-corrected chi connectivity index (χ2v) is 10.3. The van der Waals surface area contributed by atoms with E-state index >= 15 is 4.39 Å². The number of aldehydes is 1. The molecule has 0 saturated carbocycles.